The van der Waals surface area contributed by atoms with Crippen LogP contribution in [0.2, 0.25) is 0 Å². The lowest BCUT2D eigenvalue weighted by atomic mass is 9.96. The van der Waals surface area contributed by atoms with Crippen LogP contribution in [-0.4, -0.2) is 19.3 Å². The summed E-state index contributed by atoms with van der Waals surface area (Å²) in [5.74, 6) is -2.25. The molecule has 180 valence electrons. The highest BCUT2D eigenvalue weighted by Gasteiger charge is 2.27. The van der Waals surface area contributed by atoms with Crippen molar-refractivity contribution in [2.24, 2.45) is 0 Å². The normalized spacial score (nSPS) is 10.8. The molecule has 3 rings (SSSR count). The summed E-state index contributed by atoms with van der Waals surface area (Å²) in [6.07, 6.45) is 4.43. The smallest absolute Gasteiger partial charge is 0.239 e. The summed E-state index contributed by atoms with van der Waals surface area (Å²) in [7, 11) is 2.70. The maximum absolute atomic E-state index is 14.0. The third-order valence-corrected chi connectivity index (χ3v) is 5.44. The number of phenolic OH excluding ortho intramolecular Hbond substituents is 1. The fourth-order valence-corrected chi connectivity index (χ4v) is 3.72. The van der Waals surface area contributed by atoms with Gasteiger partial charge >= 0.3 is 0 Å². The Morgan fingerprint density at radius 3 is 2.06 bits per heavy atom. The molecule has 1 heterocycles. The lowest BCUT2D eigenvalue weighted by Gasteiger charge is -2.18. The van der Waals surface area contributed by atoms with Crippen molar-refractivity contribution in [2.75, 3.05) is 14.2 Å². The molecule has 5 nitrogen and oxygen atoms in total. The Balaban J connectivity index is 2.51. The van der Waals surface area contributed by atoms with Crippen molar-refractivity contribution < 1.29 is 27.8 Å². The minimum atomic E-state index is -1.09. The quantitative estimate of drug-likeness (QED) is 0.400. The van der Waals surface area contributed by atoms with E-state index >= 15 is 0 Å². The van der Waals surface area contributed by atoms with Gasteiger partial charge in [-0.05, 0) is 58.7 Å². The second-order valence-electron chi connectivity index (χ2n) is 8.44. The number of ether oxygens (including phenoxy) is 2. The molecular weight excluding hydrogens is 442 g/mol. The summed E-state index contributed by atoms with van der Waals surface area (Å²) in [4.78, 5) is 13.6. The molecule has 0 fully saturated rings. The molecule has 0 saturated carbocycles. The van der Waals surface area contributed by atoms with Crippen LogP contribution in [0.1, 0.15) is 38.8 Å². The van der Waals surface area contributed by atoms with E-state index in [1.54, 1.807) is 0 Å². The Bertz CT molecular complexity index is 1360. The molecule has 0 amide bonds. The highest BCUT2D eigenvalue weighted by molar-refractivity contribution is 5.93. The highest BCUT2D eigenvalue weighted by atomic mass is 19.2. The minimum Gasteiger partial charge on any atom is -0.507 e. The van der Waals surface area contributed by atoms with Gasteiger partial charge in [0.2, 0.25) is 11.2 Å². The van der Waals surface area contributed by atoms with Gasteiger partial charge in [0.05, 0.1) is 14.2 Å². The topological polar surface area (TPSA) is 68.9 Å². The first kappa shape index (κ1) is 25.0. The van der Waals surface area contributed by atoms with Crippen LogP contribution in [0.25, 0.3) is 22.3 Å². The van der Waals surface area contributed by atoms with Gasteiger partial charge in [-0.1, -0.05) is 23.3 Å². The molecule has 1 N–H and O–H groups in total. The van der Waals surface area contributed by atoms with Gasteiger partial charge in [-0.15, -0.1) is 0 Å². The Hall–Kier alpha value is -3.61. The number of phenols is 1. The van der Waals surface area contributed by atoms with Gasteiger partial charge < -0.3 is 19.0 Å². The molecular formula is C27H28F2O5. The van der Waals surface area contributed by atoms with Crippen molar-refractivity contribution >= 4 is 11.0 Å². The second kappa shape index (κ2) is 10.1. The third-order valence-electron chi connectivity index (χ3n) is 5.44. The summed E-state index contributed by atoms with van der Waals surface area (Å²) in [6.45, 7) is 7.69. The molecule has 0 radical (unpaired) electrons. The molecule has 7 heteroatoms. The fourth-order valence-electron chi connectivity index (χ4n) is 3.72. The standard InChI is InChI=1S/C27H28F2O5/c1-14(2)7-10-17-22(30)18(11-8-15(3)4)26-21(25(17)32-5)23(31)27(33-6)24(34-26)16-9-12-19(28)20(29)13-16/h7-9,12-13,30H,10-11H2,1-6H3. The lowest BCUT2D eigenvalue weighted by Crippen LogP contribution is -2.11. The lowest BCUT2D eigenvalue weighted by molar-refractivity contribution is 0.390. The SMILES string of the molecule is COc1c(-c2ccc(F)c(F)c2)oc2c(CC=C(C)C)c(O)c(CC=C(C)C)c(OC)c2c1=O. The number of hydrogen-bond donors (Lipinski definition) is 1. The van der Waals surface area contributed by atoms with E-state index in [4.69, 9.17) is 13.9 Å². The number of halogens is 2. The molecule has 0 saturated heterocycles. The van der Waals surface area contributed by atoms with Crippen LogP contribution in [0.4, 0.5) is 8.78 Å². The molecule has 0 unspecified atom stereocenters. The molecule has 0 bridgehead atoms. The summed E-state index contributed by atoms with van der Waals surface area (Å²) in [6, 6.07) is 3.16. The van der Waals surface area contributed by atoms with Crippen LogP contribution in [-0.2, 0) is 12.8 Å². The Morgan fingerprint density at radius 1 is 0.941 bits per heavy atom. The van der Waals surface area contributed by atoms with Gasteiger partial charge in [0.15, 0.2) is 17.4 Å². The zero-order chi connectivity index (χ0) is 25.2. The maximum atomic E-state index is 14.0. The van der Waals surface area contributed by atoms with Gasteiger partial charge in [0.1, 0.15) is 22.5 Å². The first-order valence-corrected chi connectivity index (χ1v) is 10.8. The third kappa shape index (κ3) is 4.69. The van der Waals surface area contributed by atoms with E-state index in [9.17, 15) is 18.7 Å². The number of allylic oxidation sites excluding steroid dienone is 4. The predicted molar refractivity (Wildman–Crippen MR) is 129 cm³/mol. The van der Waals surface area contributed by atoms with Gasteiger partial charge in [0.25, 0.3) is 0 Å². The van der Waals surface area contributed by atoms with E-state index in [1.807, 2.05) is 39.8 Å². The Kier molecular flexibility index (Phi) is 7.44. The van der Waals surface area contributed by atoms with E-state index in [-0.39, 0.29) is 46.0 Å². The van der Waals surface area contributed by atoms with Gasteiger partial charge in [-0.2, -0.15) is 0 Å². The molecule has 0 spiro atoms. The van der Waals surface area contributed by atoms with Crippen molar-refractivity contribution in [3.63, 3.8) is 0 Å². The molecule has 2 aromatic carbocycles. The minimum absolute atomic E-state index is 0.0519. The number of rotatable bonds is 7. The van der Waals surface area contributed by atoms with Crippen LogP contribution in [0.15, 0.2) is 50.7 Å². The number of benzene rings is 2. The number of fused-ring (bicyclic) bond motifs is 1. The average molecular weight is 471 g/mol. The fraction of sp³-hybridized carbons (Fsp3) is 0.296. The van der Waals surface area contributed by atoms with Crippen LogP contribution >= 0.6 is 0 Å². The van der Waals surface area contributed by atoms with Gasteiger partial charge in [-0.25, -0.2) is 8.78 Å². The number of hydrogen-bond acceptors (Lipinski definition) is 5. The molecule has 34 heavy (non-hydrogen) atoms. The maximum Gasteiger partial charge on any atom is 0.239 e. The summed E-state index contributed by atoms with van der Waals surface area (Å²) < 4.78 is 44.6. The van der Waals surface area contributed by atoms with E-state index in [1.165, 1.54) is 20.3 Å². The first-order chi connectivity index (χ1) is 16.1. The molecule has 3 aromatic rings. The van der Waals surface area contributed by atoms with Crippen LogP contribution in [0.3, 0.4) is 0 Å². The largest absolute Gasteiger partial charge is 0.507 e. The summed E-state index contributed by atoms with van der Waals surface area (Å²) in [5.41, 5.74) is 2.54. The monoisotopic (exact) mass is 470 g/mol. The summed E-state index contributed by atoms with van der Waals surface area (Å²) in [5, 5.41) is 11.4. The number of methoxy groups -OCH3 is 2. The van der Waals surface area contributed by atoms with Crippen molar-refractivity contribution in [1.29, 1.82) is 0 Å². The van der Waals surface area contributed by atoms with Gasteiger partial charge in [0, 0.05) is 16.7 Å². The second-order valence-corrected chi connectivity index (χ2v) is 8.44. The summed E-state index contributed by atoms with van der Waals surface area (Å²) >= 11 is 0. The van der Waals surface area contributed by atoms with E-state index in [2.05, 4.69) is 0 Å². The predicted octanol–water partition coefficient (Wildman–Crippen LogP) is 6.48. The van der Waals surface area contributed by atoms with Crippen LogP contribution < -0.4 is 14.9 Å². The van der Waals surface area contributed by atoms with Crippen molar-refractivity contribution in [2.45, 2.75) is 40.5 Å². The zero-order valence-corrected chi connectivity index (χ0v) is 20.1. The van der Waals surface area contributed by atoms with E-state index in [0.717, 1.165) is 23.3 Å². The first-order valence-electron chi connectivity index (χ1n) is 10.8. The van der Waals surface area contributed by atoms with Crippen LogP contribution in [0.5, 0.6) is 17.2 Å². The van der Waals surface area contributed by atoms with Crippen LogP contribution in [0, 0.1) is 11.6 Å². The van der Waals surface area contributed by atoms with Crippen molar-refractivity contribution in [3.8, 4) is 28.6 Å². The zero-order valence-electron chi connectivity index (χ0n) is 20.1. The molecule has 0 aliphatic heterocycles. The number of aromatic hydroxyl groups is 1. The average Bonchev–Trinajstić information content (AvgIpc) is 2.78. The molecule has 0 atom stereocenters. The van der Waals surface area contributed by atoms with E-state index in [0.29, 0.717) is 17.5 Å². The van der Waals surface area contributed by atoms with Gasteiger partial charge in [-0.3, -0.25) is 4.79 Å². The van der Waals surface area contributed by atoms with Crippen molar-refractivity contribution in [1.82, 2.24) is 0 Å². The Morgan fingerprint density at radius 2 is 1.53 bits per heavy atom. The van der Waals surface area contributed by atoms with Crippen molar-refractivity contribution in [3.05, 3.63) is 74.5 Å². The Labute approximate surface area is 196 Å². The van der Waals surface area contributed by atoms with E-state index < -0.39 is 17.1 Å². The molecule has 0 aliphatic carbocycles. The molecule has 1 aromatic heterocycles. The molecule has 0 aliphatic rings. The highest BCUT2D eigenvalue weighted by Crippen LogP contribution is 2.43.